The number of carbonyl (C=O) groups excluding carboxylic acids is 1. The topological polar surface area (TPSA) is 51.9 Å². The molecule has 0 amide bonds. The number of furan rings is 1. The van der Waals surface area contributed by atoms with Gasteiger partial charge in [0, 0.05) is 19.7 Å². The van der Waals surface area contributed by atoms with E-state index in [9.17, 15) is 9.18 Å². The molecule has 6 heteroatoms. The number of halogens is 1. The number of ether oxygens (including phenoxy) is 2. The Balaban J connectivity index is 1.76. The molecular weight excluding hydrogens is 325 g/mol. The molecule has 0 saturated carbocycles. The van der Waals surface area contributed by atoms with Gasteiger partial charge in [0.1, 0.15) is 17.1 Å². The maximum absolute atomic E-state index is 13.5. The van der Waals surface area contributed by atoms with Crippen molar-refractivity contribution in [3.05, 3.63) is 59.3 Å². The van der Waals surface area contributed by atoms with Crippen LogP contribution < -0.4 is 0 Å². The van der Waals surface area contributed by atoms with Crippen LogP contribution in [0.25, 0.3) is 0 Å². The summed E-state index contributed by atoms with van der Waals surface area (Å²) < 4.78 is 29.5. The van der Waals surface area contributed by atoms with E-state index in [4.69, 9.17) is 13.9 Å². The predicted octanol–water partition coefficient (Wildman–Crippen LogP) is 3.39. The second-order valence-electron chi connectivity index (χ2n) is 6.18. The fourth-order valence-corrected chi connectivity index (χ4v) is 3.11. The molecule has 0 aliphatic carbocycles. The standard InChI is InChI=1S/C19H22FNO4/c1-23-19(22)17-7-9-25-18(17)13-21(12-16-6-3-8-24-16)11-14-4-2-5-15(20)10-14/h2,4-5,7,9-10,16H,3,6,8,11-13H2,1H3. The van der Waals surface area contributed by atoms with Crippen molar-refractivity contribution >= 4 is 5.97 Å². The quantitative estimate of drug-likeness (QED) is 0.719. The molecule has 2 aromatic rings. The van der Waals surface area contributed by atoms with Gasteiger partial charge < -0.3 is 13.9 Å². The van der Waals surface area contributed by atoms with E-state index < -0.39 is 5.97 Å². The van der Waals surface area contributed by atoms with Crippen LogP contribution in [-0.4, -0.2) is 37.2 Å². The zero-order valence-corrected chi connectivity index (χ0v) is 14.2. The third-order valence-corrected chi connectivity index (χ3v) is 4.30. The largest absolute Gasteiger partial charge is 0.467 e. The summed E-state index contributed by atoms with van der Waals surface area (Å²) >= 11 is 0. The number of esters is 1. The van der Waals surface area contributed by atoms with Crippen LogP contribution in [0.5, 0.6) is 0 Å². The maximum Gasteiger partial charge on any atom is 0.341 e. The van der Waals surface area contributed by atoms with Crippen LogP contribution >= 0.6 is 0 Å². The van der Waals surface area contributed by atoms with Crippen molar-refractivity contribution in [1.29, 1.82) is 0 Å². The van der Waals surface area contributed by atoms with Crippen LogP contribution in [0.4, 0.5) is 4.39 Å². The second kappa shape index (κ2) is 8.27. The molecule has 1 aromatic carbocycles. The minimum atomic E-state index is -0.424. The van der Waals surface area contributed by atoms with Crippen molar-refractivity contribution in [3.8, 4) is 0 Å². The van der Waals surface area contributed by atoms with Crippen LogP contribution in [0.15, 0.2) is 41.0 Å². The van der Waals surface area contributed by atoms with Crippen molar-refractivity contribution in [3.63, 3.8) is 0 Å². The fraction of sp³-hybridized carbons (Fsp3) is 0.421. The summed E-state index contributed by atoms with van der Waals surface area (Å²) in [4.78, 5) is 14.0. The van der Waals surface area contributed by atoms with E-state index >= 15 is 0 Å². The first-order chi connectivity index (χ1) is 12.2. The Bertz CT molecular complexity index is 709. The molecule has 1 aliphatic heterocycles. The van der Waals surface area contributed by atoms with Gasteiger partial charge in [-0.1, -0.05) is 12.1 Å². The zero-order valence-electron chi connectivity index (χ0n) is 14.2. The van der Waals surface area contributed by atoms with E-state index in [2.05, 4.69) is 4.90 Å². The lowest BCUT2D eigenvalue weighted by Gasteiger charge is -2.24. The van der Waals surface area contributed by atoms with Crippen LogP contribution in [-0.2, 0) is 22.6 Å². The van der Waals surface area contributed by atoms with E-state index in [-0.39, 0.29) is 11.9 Å². The van der Waals surface area contributed by atoms with Gasteiger partial charge in [0.25, 0.3) is 0 Å². The number of nitrogens with zero attached hydrogens (tertiary/aromatic N) is 1. The van der Waals surface area contributed by atoms with E-state index in [0.717, 1.165) is 25.0 Å². The summed E-state index contributed by atoms with van der Waals surface area (Å²) in [5.74, 6) is -0.143. The van der Waals surface area contributed by atoms with E-state index in [1.165, 1.54) is 25.5 Å². The Morgan fingerprint density at radius 3 is 2.96 bits per heavy atom. The monoisotopic (exact) mass is 347 g/mol. The molecule has 1 saturated heterocycles. The summed E-state index contributed by atoms with van der Waals surface area (Å²) in [6.07, 6.45) is 3.67. The lowest BCUT2D eigenvalue weighted by molar-refractivity contribution is 0.0583. The van der Waals surface area contributed by atoms with Crippen molar-refractivity contribution in [2.45, 2.75) is 32.0 Å². The van der Waals surface area contributed by atoms with E-state index in [1.54, 1.807) is 12.1 Å². The number of hydrogen-bond acceptors (Lipinski definition) is 5. The molecule has 1 aliphatic rings. The molecule has 2 heterocycles. The highest BCUT2D eigenvalue weighted by atomic mass is 19.1. The summed E-state index contributed by atoms with van der Waals surface area (Å²) in [6.45, 7) is 2.43. The Labute approximate surface area is 146 Å². The number of benzene rings is 1. The second-order valence-corrected chi connectivity index (χ2v) is 6.18. The first-order valence-corrected chi connectivity index (χ1v) is 8.39. The Hall–Kier alpha value is -2.18. The molecule has 1 aromatic heterocycles. The summed E-state index contributed by atoms with van der Waals surface area (Å²) in [6, 6.07) is 8.13. The van der Waals surface area contributed by atoms with E-state index in [1.807, 2.05) is 6.07 Å². The van der Waals surface area contributed by atoms with Crippen LogP contribution in [0.2, 0.25) is 0 Å². The number of rotatable bonds is 7. The minimum absolute atomic E-state index is 0.144. The summed E-state index contributed by atoms with van der Waals surface area (Å²) in [5, 5.41) is 0. The first kappa shape index (κ1) is 17.6. The molecule has 0 bridgehead atoms. The van der Waals surface area contributed by atoms with Crippen LogP contribution in [0.3, 0.4) is 0 Å². The normalized spacial score (nSPS) is 17.2. The van der Waals surface area contributed by atoms with Crippen molar-refractivity contribution in [2.24, 2.45) is 0 Å². The minimum Gasteiger partial charge on any atom is -0.467 e. The van der Waals surface area contributed by atoms with Crippen molar-refractivity contribution in [2.75, 3.05) is 20.3 Å². The molecule has 134 valence electrons. The predicted molar refractivity (Wildman–Crippen MR) is 89.5 cm³/mol. The highest BCUT2D eigenvalue weighted by Crippen LogP contribution is 2.20. The molecule has 1 fully saturated rings. The highest BCUT2D eigenvalue weighted by molar-refractivity contribution is 5.90. The van der Waals surface area contributed by atoms with Gasteiger partial charge in [-0.3, -0.25) is 4.90 Å². The molecule has 1 unspecified atom stereocenters. The average Bonchev–Trinajstić information content (AvgIpc) is 3.26. The summed E-state index contributed by atoms with van der Waals surface area (Å²) in [7, 11) is 1.34. The van der Waals surface area contributed by atoms with Crippen molar-refractivity contribution in [1.82, 2.24) is 4.90 Å². The smallest absolute Gasteiger partial charge is 0.341 e. The molecule has 1 atom stereocenters. The Morgan fingerprint density at radius 1 is 1.36 bits per heavy atom. The third-order valence-electron chi connectivity index (χ3n) is 4.30. The van der Waals surface area contributed by atoms with E-state index in [0.29, 0.717) is 31.0 Å². The van der Waals surface area contributed by atoms with Crippen LogP contribution in [0, 0.1) is 5.82 Å². The number of methoxy groups -OCH3 is 1. The number of hydrogen-bond donors (Lipinski definition) is 0. The zero-order chi connectivity index (χ0) is 17.6. The van der Waals surface area contributed by atoms with Gasteiger partial charge in [-0.05, 0) is 36.6 Å². The Kier molecular flexibility index (Phi) is 5.83. The first-order valence-electron chi connectivity index (χ1n) is 8.39. The van der Waals surface area contributed by atoms with Crippen LogP contribution in [0.1, 0.15) is 34.5 Å². The molecule has 5 nitrogen and oxygen atoms in total. The maximum atomic E-state index is 13.5. The molecule has 25 heavy (non-hydrogen) atoms. The number of carbonyl (C=O) groups is 1. The SMILES string of the molecule is COC(=O)c1ccoc1CN(Cc1cccc(F)c1)CC1CCCO1. The third kappa shape index (κ3) is 4.67. The van der Waals surface area contributed by atoms with Gasteiger partial charge in [-0.15, -0.1) is 0 Å². The lowest BCUT2D eigenvalue weighted by Crippen LogP contribution is -2.31. The molecular formula is C19H22FNO4. The molecule has 0 spiro atoms. The van der Waals surface area contributed by atoms with Gasteiger partial charge in [0.15, 0.2) is 0 Å². The Morgan fingerprint density at radius 2 is 2.24 bits per heavy atom. The fourth-order valence-electron chi connectivity index (χ4n) is 3.11. The lowest BCUT2D eigenvalue weighted by atomic mass is 10.1. The van der Waals surface area contributed by atoms with Gasteiger partial charge in [0.2, 0.25) is 0 Å². The molecule has 0 radical (unpaired) electrons. The molecule has 3 rings (SSSR count). The highest BCUT2D eigenvalue weighted by Gasteiger charge is 2.23. The van der Waals surface area contributed by atoms with Gasteiger partial charge in [0.05, 0.1) is 26.0 Å². The van der Waals surface area contributed by atoms with Gasteiger partial charge in [-0.25, -0.2) is 9.18 Å². The van der Waals surface area contributed by atoms with Crippen molar-refractivity contribution < 1.29 is 23.1 Å². The average molecular weight is 347 g/mol. The van der Waals surface area contributed by atoms with Gasteiger partial charge in [-0.2, -0.15) is 0 Å². The summed E-state index contributed by atoms with van der Waals surface area (Å²) in [5.41, 5.74) is 1.28. The molecule has 0 N–H and O–H groups in total. The van der Waals surface area contributed by atoms with Gasteiger partial charge >= 0.3 is 5.97 Å².